The molecule has 2 nitrogen and oxygen atoms in total. The summed E-state index contributed by atoms with van der Waals surface area (Å²) in [5.74, 6) is -2.28. The van der Waals surface area contributed by atoms with Crippen LogP contribution < -0.4 is 10.6 Å². The zero-order valence-corrected chi connectivity index (χ0v) is 10.3. The third-order valence-electron chi connectivity index (χ3n) is 2.81. The Morgan fingerprint density at radius 2 is 1.63 bits per heavy atom. The molecule has 0 aliphatic heterocycles. The number of anilines is 2. The summed E-state index contributed by atoms with van der Waals surface area (Å²) in [6, 6.07) is 8.09. The summed E-state index contributed by atoms with van der Waals surface area (Å²) in [4.78, 5) is 1.49. The maximum atomic E-state index is 13.7. The highest BCUT2D eigenvalue weighted by molar-refractivity contribution is 5.68. The first-order chi connectivity index (χ1) is 8.99. The first kappa shape index (κ1) is 13.3. The van der Waals surface area contributed by atoms with Gasteiger partial charge in [-0.15, -0.1) is 0 Å². The Balaban J connectivity index is 2.27. The molecule has 0 aromatic heterocycles. The Kier molecular flexibility index (Phi) is 3.64. The summed E-state index contributed by atoms with van der Waals surface area (Å²) in [7, 11) is 1.59. The van der Waals surface area contributed by atoms with Crippen molar-refractivity contribution < 1.29 is 13.2 Å². The number of halogens is 3. The van der Waals surface area contributed by atoms with E-state index in [0.717, 1.165) is 11.6 Å². The first-order valence-corrected chi connectivity index (χ1v) is 5.68. The zero-order chi connectivity index (χ0) is 14.0. The molecular formula is C14H13F3N2. The summed E-state index contributed by atoms with van der Waals surface area (Å²) >= 11 is 0. The minimum absolute atomic E-state index is 0.00400. The Bertz CT molecular complexity index is 582. The van der Waals surface area contributed by atoms with Gasteiger partial charge in [0, 0.05) is 13.6 Å². The van der Waals surface area contributed by atoms with Crippen LogP contribution in [0.25, 0.3) is 0 Å². The van der Waals surface area contributed by atoms with Crippen molar-refractivity contribution in [3.63, 3.8) is 0 Å². The zero-order valence-electron chi connectivity index (χ0n) is 10.3. The van der Waals surface area contributed by atoms with E-state index in [1.165, 1.54) is 23.1 Å². The quantitative estimate of drug-likeness (QED) is 0.863. The van der Waals surface area contributed by atoms with Crippen molar-refractivity contribution in [3.05, 3.63) is 59.4 Å². The van der Waals surface area contributed by atoms with Crippen molar-refractivity contribution in [1.29, 1.82) is 0 Å². The van der Waals surface area contributed by atoms with Crippen molar-refractivity contribution in [2.75, 3.05) is 17.7 Å². The number of hydrogen-bond donors (Lipinski definition) is 1. The monoisotopic (exact) mass is 266 g/mol. The highest BCUT2D eigenvalue weighted by atomic mass is 19.2. The van der Waals surface area contributed by atoms with Gasteiger partial charge in [0.15, 0.2) is 11.6 Å². The normalized spacial score (nSPS) is 10.5. The lowest BCUT2D eigenvalue weighted by atomic mass is 10.2. The van der Waals surface area contributed by atoms with Gasteiger partial charge in [0.1, 0.15) is 5.82 Å². The highest BCUT2D eigenvalue weighted by Crippen LogP contribution is 2.28. The minimum Gasteiger partial charge on any atom is -0.397 e. The van der Waals surface area contributed by atoms with E-state index < -0.39 is 11.6 Å². The van der Waals surface area contributed by atoms with E-state index in [9.17, 15) is 13.2 Å². The molecule has 2 aromatic carbocycles. The molecule has 2 N–H and O–H groups in total. The van der Waals surface area contributed by atoms with E-state index in [4.69, 9.17) is 5.73 Å². The highest BCUT2D eigenvalue weighted by Gasteiger charge is 2.15. The molecule has 100 valence electrons. The Labute approximate surface area is 109 Å². The van der Waals surface area contributed by atoms with E-state index in [-0.39, 0.29) is 17.2 Å². The average molecular weight is 266 g/mol. The lowest BCUT2D eigenvalue weighted by Gasteiger charge is -2.22. The van der Waals surface area contributed by atoms with Crippen molar-refractivity contribution in [2.24, 2.45) is 0 Å². The fraction of sp³-hybridized carbons (Fsp3) is 0.143. The summed E-state index contributed by atoms with van der Waals surface area (Å²) < 4.78 is 39.7. The summed E-state index contributed by atoms with van der Waals surface area (Å²) in [5, 5.41) is 0. The molecule has 2 aromatic rings. The van der Waals surface area contributed by atoms with Crippen LogP contribution in [0, 0.1) is 17.5 Å². The number of nitrogens with zero attached hydrogens (tertiary/aromatic N) is 1. The smallest absolute Gasteiger partial charge is 0.184 e. The molecule has 0 heterocycles. The number of benzene rings is 2. The van der Waals surface area contributed by atoms with E-state index in [1.54, 1.807) is 19.2 Å². The van der Waals surface area contributed by atoms with Gasteiger partial charge in [-0.1, -0.05) is 12.1 Å². The Hall–Kier alpha value is -2.17. The van der Waals surface area contributed by atoms with Crippen molar-refractivity contribution >= 4 is 11.4 Å². The predicted octanol–water partition coefficient (Wildman–Crippen LogP) is 3.32. The largest absolute Gasteiger partial charge is 0.397 e. The van der Waals surface area contributed by atoms with Gasteiger partial charge in [-0.2, -0.15) is 0 Å². The topological polar surface area (TPSA) is 29.3 Å². The molecule has 5 heteroatoms. The Morgan fingerprint density at radius 3 is 2.26 bits per heavy atom. The molecule has 0 saturated heterocycles. The third kappa shape index (κ3) is 2.81. The van der Waals surface area contributed by atoms with E-state index in [2.05, 4.69) is 0 Å². The molecule has 0 spiro atoms. The molecule has 0 radical (unpaired) electrons. The second kappa shape index (κ2) is 5.22. The van der Waals surface area contributed by atoms with E-state index in [0.29, 0.717) is 6.54 Å². The second-order valence-corrected chi connectivity index (χ2v) is 4.28. The molecule has 0 saturated carbocycles. The molecule has 0 unspecified atom stereocenters. The first-order valence-electron chi connectivity index (χ1n) is 5.68. The molecule has 19 heavy (non-hydrogen) atoms. The summed E-state index contributed by atoms with van der Waals surface area (Å²) in [6.45, 7) is 0.296. The molecule has 0 bridgehead atoms. The van der Waals surface area contributed by atoms with Crippen LogP contribution in [-0.2, 0) is 6.54 Å². The van der Waals surface area contributed by atoms with Crippen molar-refractivity contribution in [2.45, 2.75) is 6.54 Å². The number of hydrogen-bond acceptors (Lipinski definition) is 2. The lowest BCUT2D eigenvalue weighted by Crippen LogP contribution is -2.19. The fourth-order valence-corrected chi connectivity index (χ4v) is 1.89. The number of rotatable bonds is 3. The minimum atomic E-state index is -0.982. The van der Waals surface area contributed by atoms with Gasteiger partial charge in [0.2, 0.25) is 0 Å². The maximum absolute atomic E-state index is 13.7. The summed E-state index contributed by atoms with van der Waals surface area (Å²) in [5.41, 5.74) is 6.59. The predicted molar refractivity (Wildman–Crippen MR) is 69.3 cm³/mol. The molecule has 2 rings (SSSR count). The maximum Gasteiger partial charge on any atom is 0.184 e. The van der Waals surface area contributed by atoms with Gasteiger partial charge in [0.25, 0.3) is 0 Å². The van der Waals surface area contributed by atoms with Gasteiger partial charge in [-0.3, -0.25) is 0 Å². The van der Waals surface area contributed by atoms with Crippen molar-refractivity contribution in [3.8, 4) is 0 Å². The van der Waals surface area contributed by atoms with E-state index in [1.807, 2.05) is 0 Å². The van der Waals surface area contributed by atoms with E-state index >= 15 is 0 Å². The van der Waals surface area contributed by atoms with Crippen LogP contribution in [0.5, 0.6) is 0 Å². The summed E-state index contributed by atoms with van der Waals surface area (Å²) in [6.07, 6.45) is 0. The Morgan fingerprint density at radius 1 is 1.00 bits per heavy atom. The lowest BCUT2D eigenvalue weighted by molar-refractivity contribution is 0.508. The van der Waals surface area contributed by atoms with Crippen LogP contribution in [0.2, 0.25) is 0 Å². The van der Waals surface area contributed by atoms with Crippen LogP contribution in [0.15, 0.2) is 36.4 Å². The second-order valence-electron chi connectivity index (χ2n) is 4.28. The van der Waals surface area contributed by atoms with Crippen LogP contribution >= 0.6 is 0 Å². The van der Waals surface area contributed by atoms with Gasteiger partial charge in [-0.05, 0) is 29.8 Å². The molecule has 0 fully saturated rings. The van der Waals surface area contributed by atoms with Crippen LogP contribution in [-0.4, -0.2) is 7.05 Å². The fourth-order valence-electron chi connectivity index (χ4n) is 1.89. The molecule has 0 amide bonds. The van der Waals surface area contributed by atoms with Gasteiger partial charge >= 0.3 is 0 Å². The molecule has 0 aliphatic carbocycles. The van der Waals surface area contributed by atoms with Crippen molar-refractivity contribution in [1.82, 2.24) is 0 Å². The van der Waals surface area contributed by atoms with Gasteiger partial charge < -0.3 is 10.6 Å². The average Bonchev–Trinajstić information content (AvgIpc) is 2.37. The van der Waals surface area contributed by atoms with Gasteiger partial charge in [0.05, 0.1) is 11.4 Å². The van der Waals surface area contributed by atoms with Crippen LogP contribution in [0.1, 0.15) is 5.56 Å². The standard InChI is InChI=1S/C14H13F3N2/c1-19(8-9-2-4-10(15)5-3-9)14-12(18)7-6-11(16)13(14)17/h2-7H,8,18H2,1H3. The number of nitrogen functional groups attached to an aromatic ring is 1. The van der Waals surface area contributed by atoms with Crippen LogP contribution in [0.4, 0.5) is 24.5 Å². The number of nitrogens with two attached hydrogens (primary N) is 1. The third-order valence-corrected chi connectivity index (χ3v) is 2.81. The molecular weight excluding hydrogens is 253 g/mol. The molecule has 0 aliphatic rings. The molecule has 0 atom stereocenters. The van der Waals surface area contributed by atoms with Crippen LogP contribution in [0.3, 0.4) is 0 Å². The SMILES string of the molecule is CN(Cc1ccc(F)cc1)c1c(N)ccc(F)c1F. The van der Waals surface area contributed by atoms with Gasteiger partial charge in [-0.25, -0.2) is 13.2 Å².